The van der Waals surface area contributed by atoms with Crippen molar-refractivity contribution in [1.29, 1.82) is 5.26 Å². The quantitative estimate of drug-likeness (QED) is 0.469. The molecule has 168 valence electrons. The van der Waals surface area contributed by atoms with Crippen LogP contribution in [-0.4, -0.2) is 36.9 Å². The standard InChI is InChI=1S/C25H24FN5O2/c1-28-23(32)12-14-30-25(33)21-9-10-22(20-8-3-2-6-18(20)16-27)31-24(21)29-13-11-17-5-4-7-19(26)15-17/h2-10,15H,11-14H2,1H3,(H,28,32)(H,29,31)(H,30,33). The average molecular weight is 445 g/mol. The fourth-order valence-electron chi connectivity index (χ4n) is 3.26. The van der Waals surface area contributed by atoms with Gasteiger partial charge >= 0.3 is 0 Å². The third kappa shape index (κ3) is 6.37. The number of aromatic nitrogens is 1. The Morgan fingerprint density at radius 2 is 1.88 bits per heavy atom. The van der Waals surface area contributed by atoms with Crippen molar-refractivity contribution in [3.63, 3.8) is 0 Å². The number of hydrogen-bond acceptors (Lipinski definition) is 5. The van der Waals surface area contributed by atoms with E-state index in [4.69, 9.17) is 0 Å². The molecule has 3 N–H and O–H groups in total. The van der Waals surface area contributed by atoms with Crippen LogP contribution in [0, 0.1) is 17.1 Å². The van der Waals surface area contributed by atoms with E-state index in [1.807, 2.05) is 12.1 Å². The number of nitriles is 1. The van der Waals surface area contributed by atoms with Crippen LogP contribution < -0.4 is 16.0 Å². The average Bonchev–Trinajstić information content (AvgIpc) is 2.83. The molecule has 0 aliphatic heterocycles. The summed E-state index contributed by atoms with van der Waals surface area (Å²) in [5.74, 6) is -0.517. The van der Waals surface area contributed by atoms with Crippen LogP contribution in [0.15, 0.2) is 60.7 Å². The molecule has 8 heteroatoms. The van der Waals surface area contributed by atoms with Gasteiger partial charge in [0.25, 0.3) is 5.91 Å². The highest BCUT2D eigenvalue weighted by Crippen LogP contribution is 2.25. The molecule has 0 unspecified atom stereocenters. The van der Waals surface area contributed by atoms with E-state index < -0.39 is 0 Å². The van der Waals surface area contributed by atoms with Gasteiger partial charge in [-0.1, -0.05) is 30.3 Å². The number of anilines is 1. The number of nitrogens with zero attached hydrogens (tertiary/aromatic N) is 2. The molecule has 3 aromatic rings. The fraction of sp³-hybridized carbons (Fsp3) is 0.200. The van der Waals surface area contributed by atoms with Gasteiger partial charge in [-0.2, -0.15) is 5.26 Å². The van der Waals surface area contributed by atoms with Gasteiger partial charge in [0.2, 0.25) is 5.91 Å². The maximum atomic E-state index is 13.5. The minimum Gasteiger partial charge on any atom is -0.369 e. The lowest BCUT2D eigenvalue weighted by Crippen LogP contribution is -2.30. The molecule has 0 aliphatic rings. The Balaban J connectivity index is 1.83. The smallest absolute Gasteiger partial charge is 0.255 e. The second-order valence-corrected chi connectivity index (χ2v) is 7.24. The zero-order valence-electron chi connectivity index (χ0n) is 18.2. The number of halogens is 1. The molecule has 3 rings (SSSR count). The zero-order valence-corrected chi connectivity index (χ0v) is 18.2. The lowest BCUT2D eigenvalue weighted by atomic mass is 10.0. The van der Waals surface area contributed by atoms with Crippen molar-refractivity contribution in [3.05, 3.63) is 83.2 Å². The Hall–Kier alpha value is -4.25. The Morgan fingerprint density at radius 1 is 1.06 bits per heavy atom. The van der Waals surface area contributed by atoms with Crippen molar-refractivity contribution < 1.29 is 14.0 Å². The molecule has 33 heavy (non-hydrogen) atoms. The highest BCUT2D eigenvalue weighted by atomic mass is 19.1. The highest BCUT2D eigenvalue weighted by molar-refractivity contribution is 5.99. The maximum absolute atomic E-state index is 13.5. The first-order valence-electron chi connectivity index (χ1n) is 10.5. The van der Waals surface area contributed by atoms with Crippen molar-refractivity contribution in [1.82, 2.24) is 15.6 Å². The second kappa shape index (κ2) is 11.4. The molecule has 1 aromatic heterocycles. The number of hydrogen-bond donors (Lipinski definition) is 3. The van der Waals surface area contributed by atoms with Crippen LogP contribution in [0.4, 0.5) is 10.2 Å². The summed E-state index contributed by atoms with van der Waals surface area (Å²) in [5.41, 5.74) is 2.79. The summed E-state index contributed by atoms with van der Waals surface area (Å²) in [6.07, 6.45) is 0.682. The van der Waals surface area contributed by atoms with Gasteiger partial charge in [-0.25, -0.2) is 9.37 Å². The summed E-state index contributed by atoms with van der Waals surface area (Å²) in [6.45, 7) is 0.596. The largest absolute Gasteiger partial charge is 0.369 e. The van der Waals surface area contributed by atoms with Gasteiger partial charge in [-0.05, 0) is 42.3 Å². The predicted molar refractivity (Wildman–Crippen MR) is 124 cm³/mol. The molecule has 0 saturated carbocycles. The number of pyridine rings is 1. The van der Waals surface area contributed by atoms with Crippen LogP contribution in [0.1, 0.15) is 27.9 Å². The number of benzene rings is 2. The van der Waals surface area contributed by atoms with Gasteiger partial charge in [0.15, 0.2) is 0 Å². The third-order valence-corrected chi connectivity index (χ3v) is 4.97. The first-order chi connectivity index (χ1) is 16.0. The highest BCUT2D eigenvalue weighted by Gasteiger charge is 2.16. The van der Waals surface area contributed by atoms with Crippen LogP contribution in [0.5, 0.6) is 0 Å². The Kier molecular flexibility index (Phi) is 8.08. The van der Waals surface area contributed by atoms with Gasteiger partial charge < -0.3 is 16.0 Å². The summed E-state index contributed by atoms with van der Waals surface area (Å²) in [5, 5.41) is 17.8. The van der Waals surface area contributed by atoms with Crippen molar-refractivity contribution in [2.45, 2.75) is 12.8 Å². The molecule has 0 spiro atoms. The first-order valence-corrected chi connectivity index (χ1v) is 10.5. The van der Waals surface area contributed by atoms with E-state index in [9.17, 15) is 19.2 Å². The summed E-state index contributed by atoms with van der Waals surface area (Å²) in [4.78, 5) is 28.8. The Bertz CT molecular complexity index is 1190. The van der Waals surface area contributed by atoms with Crippen LogP contribution >= 0.6 is 0 Å². The predicted octanol–water partition coefficient (Wildman–Crippen LogP) is 3.28. The molecule has 0 saturated heterocycles. The van der Waals surface area contributed by atoms with E-state index in [2.05, 4.69) is 27.0 Å². The number of carbonyl (C=O) groups excluding carboxylic acids is 2. The lowest BCUT2D eigenvalue weighted by Gasteiger charge is -2.14. The minimum absolute atomic E-state index is 0.158. The lowest BCUT2D eigenvalue weighted by molar-refractivity contribution is -0.120. The molecule has 7 nitrogen and oxygen atoms in total. The van der Waals surface area contributed by atoms with Gasteiger partial charge in [0.1, 0.15) is 11.6 Å². The van der Waals surface area contributed by atoms with Crippen LogP contribution in [0.25, 0.3) is 11.3 Å². The van der Waals surface area contributed by atoms with Gasteiger partial charge in [-0.15, -0.1) is 0 Å². The normalized spacial score (nSPS) is 10.2. The number of amides is 2. The van der Waals surface area contributed by atoms with Crippen molar-refractivity contribution in [3.8, 4) is 17.3 Å². The van der Waals surface area contributed by atoms with Gasteiger partial charge in [0, 0.05) is 32.1 Å². The molecule has 0 bridgehead atoms. The Morgan fingerprint density at radius 3 is 2.64 bits per heavy atom. The molecule has 0 atom stereocenters. The molecule has 0 radical (unpaired) electrons. The van der Waals surface area contributed by atoms with E-state index >= 15 is 0 Å². The SMILES string of the molecule is CNC(=O)CCNC(=O)c1ccc(-c2ccccc2C#N)nc1NCCc1cccc(F)c1. The van der Waals surface area contributed by atoms with Crippen molar-refractivity contribution in [2.75, 3.05) is 25.5 Å². The van der Waals surface area contributed by atoms with Gasteiger partial charge in [0.05, 0.1) is 22.9 Å². The summed E-state index contributed by atoms with van der Waals surface area (Å²) in [6, 6.07) is 18.9. The van der Waals surface area contributed by atoms with E-state index in [1.54, 1.807) is 36.4 Å². The molecule has 1 heterocycles. The van der Waals surface area contributed by atoms with Crippen LogP contribution in [0.2, 0.25) is 0 Å². The van der Waals surface area contributed by atoms with Gasteiger partial charge in [-0.3, -0.25) is 9.59 Å². The number of nitrogens with one attached hydrogen (secondary N) is 3. The maximum Gasteiger partial charge on any atom is 0.255 e. The van der Waals surface area contributed by atoms with E-state index in [1.165, 1.54) is 19.2 Å². The molecule has 0 aliphatic carbocycles. The molecule has 2 aromatic carbocycles. The van der Waals surface area contributed by atoms with E-state index in [0.717, 1.165) is 5.56 Å². The minimum atomic E-state index is -0.375. The number of rotatable bonds is 9. The second-order valence-electron chi connectivity index (χ2n) is 7.24. The van der Waals surface area contributed by atoms with E-state index in [0.29, 0.717) is 41.2 Å². The third-order valence-electron chi connectivity index (χ3n) is 4.97. The Labute approximate surface area is 191 Å². The van der Waals surface area contributed by atoms with Crippen LogP contribution in [0.3, 0.4) is 0 Å². The molecular formula is C25H24FN5O2. The van der Waals surface area contributed by atoms with Crippen LogP contribution in [-0.2, 0) is 11.2 Å². The van der Waals surface area contributed by atoms with E-state index in [-0.39, 0.29) is 30.6 Å². The molecule has 0 fully saturated rings. The monoisotopic (exact) mass is 445 g/mol. The summed E-state index contributed by atoms with van der Waals surface area (Å²) in [7, 11) is 1.53. The summed E-state index contributed by atoms with van der Waals surface area (Å²) < 4.78 is 13.5. The van der Waals surface area contributed by atoms with Crippen molar-refractivity contribution >= 4 is 17.6 Å². The molecular weight excluding hydrogens is 421 g/mol. The first kappa shape index (κ1) is 23.4. The summed E-state index contributed by atoms with van der Waals surface area (Å²) >= 11 is 0. The topological polar surface area (TPSA) is 107 Å². The molecule has 2 amide bonds. The fourth-order valence-corrected chi connectivity index (χ4v) is 3.26. The zero-order chi connectivity index (χ0) is 23.6. The van der Waals surface area contributed by atoms with Crippen molar-refractivity contribution in [2.24, 2.45) is 0 Å². The number of carbonyl (C=O) groups is 2.